The summed E-state index contributed by atoms with van der Waals surface area (Å²) in [5.41, 5.74) is 1.80. The summed E-state index contributed by atoms with van der Waals surface area (Å²) in [6.07, 6.45) is 2.19. The average Bonchev–Trinajstić information content (AvgIpc) is 2.43. The summed E-state index contributed by atoms with van der Waals surface area (Å²) in [5, 5.41) is 8.98. The molecule has 0 unspecified atom stereocenters. The van der Waals surface area contributed by atoms with Crippen LogP contribution in [0.5, 0.6) is 0 Å². The Kier molecular flexibility index (Phi) is 6.90. The SMILES string of the molecule is CCC(CC)N(CCOC)c1ccc(C#N)c(Br)c1. The number of nitrogens with zero attached hydrogens (tertiary/aromatic N) is 2. The van der Waals surface area contributed by atoms with Crippen LogP contribution >= 0.6 is 15.9 Å². The van der Waals surface area contributed by atoms with Crippen molar-refractivity contribution in [3.8, 4) is 6.07 Å². The second-order valence-electron chi connectivity index (χ2n) is 4.43. The topological polar surface area (TPSA) is 36.3 Å². The van der Waals surface area contributed by atoms with Crippen LogP contribution < -0.4 is 4.90 Å². The number of methoxy groups -OCH3 is 1. The standard InChI is InChI=1S/C15H21BrN2O/c1-4-13(5-2)18(8-9-19-3)14-7-6-12(11-17)15(16)10-14/h6-7,10,13H,4-5,8-9H2,1-3H3. The van der Waals surface area contributed by atoms with Gasteiger partial charge in [0, 0.05) is 29.9 Å². The third-order valence-electron chi connectivity index (χ3n) is 3.32. The monoisotopic (exact) mass is 324 g/mol. The molecule has 0 fully saturated rings. The quantitative estimate of drug-likeness (QED) is 0.761. The molecular weight excluding hydrogens is 304 g/mol. The molecule has 1 aromatic carbocycles. The number of ether oxygens (including phenoxy) is 1. The first-order valence-corrected chi connectivity index (χ1v) is 7.42. The van der Waals surface area contributed by atoms with Gasteiger partial charge in [0.2, 0.25) is 0 Å². The van der Waals surface area contributed by atoms with Crippen LogP contribution in [0.25, 0.3) is 0 Å². The number of hydrogen-bond donors (Lipinski definition) is 0. The van der Waals surface area contributed by atoms with Crippen molar-refractivity contribution < 1.29 is 4.74 Å². The van der Waals surface area contributed by atoms with Gasteiger partial charge in [-0.2, -0.15) is 5.26 Å². The highest BCUT2D eigenvalue weighted by Crippen LogP contribution is 2.26. The lowest BCUT2D eigenvalue weighted by atomic mass is 10.1. The van der Waals surface area contributed by atoms with Crippen LogP contribution in [0.1, 0.15) is 32.3 Å². The van der Waals surface area contributed by atoms with Gasteiger partial charge in [0.25, 0.3) is 0 Å². The number of benzene rings is 1. The Morgan fingerprint density at radius 3 is 2.53 bits per heavy atom. The molecule has 0 N–H and O–H groups in total. The summed E-state index contributed by atoms with van der Waals surface area (Å²) in [5.74, 6) is 0. The van der Waals surface area contributed by atoms with Gasteiger partial charge in [0.05, 0.1) is 12.2 Å². The molecule has 1 aromatic rings. The number of halogens is 1. The zero-order valence-electron chi connectivity index (χ0n) is 11.8. The molecule has 19 heavy (non-hydrogen) atoms. The Labute approximate surface area is 124 Å². The molecule has 0 heterocycles. The van der Waals surface area contributed by atoms with Crippen molar-refractivity contribution >= 4 is 21.6 Å². The van der Waals surface area contributed by atoms with E-state index in [4.69, 9.17) is 10.00 Å². The molecule has 1 rings (SSSR count). The third-order valence-corrected chi connectivity index (χ3v) is 3.98. The van der Waals surface area contributed by atoms with E-state index < -0.39 is 0 Å². The molecule has 0 saturated heterocycles. The Bertz CT molecular complexity index is 438. The minimum Gasteiger partial charge on any atom is -0.383 e. The van der Waals surface area contributed by atoms with Crippen LogP contribution in [0.15, 0.2) is 22.7 Å². The van der Waals surface area contributed by atoms with E-state index in [1.165, 1.54) is 0 Å². The number of rotatable bonds is 7. The first-order chi connectivity index (χ1) is 9.17. The molecular formula is C15H21BrN2O. The van der Waals surface area contributed by atoms with Gasteiger partial charge < -0.3 is 9.64 Å². The lowest BCUT2D eigenvalue weighted by Crippen LogP contribution is -2.37. The van der Waals surface area contributed by atoms with E-state index in [2.05, 4.69) is 40.7 Å². The largest absolute Gasteiger partial charge is 0.383 e. The molecule has 0 bridgehead atoms. The maximum Gasteiger partial charge on any atom is 0.100 e. The maximum absolute atomic E-state index is 8.98. The van der Waals surface area contributed by atoms with Gasteiger partial charge in [-0.25, -0.2) is 0 Å². The molecule has 4 heteroatoms. The predicted molar refractivity (Wildman–Crippen MR) is 82.4 cm³/mol. The highest BCUT2D eigenvalue weighted by molar-refractivity contribution is 9.10. The molecule has 0 aliphatic carbocycles. The van der Waals surface area contributed by atoms with Crippen molar-refractivity contribution in [1.82, 2.24) is 0 Å². The zero-order valence-corrected chi connectivity index (χ0v) is 13.4. The minimum absolute atomic E-state index is 0.495. The van der Waals surface area contributed by atoms with Crippen LogP contribution in [0, 0.1) is 11.3 Å². The normalized spacial score (nSPS) is 10.5. The molecule has 0 atom stereocenters. The van der Waals surface area contributed by atoms with Crippen LogP contribution in [-0.2, 0) is 4.74 Å². The maximum atomic E-state index is 8.98. The highest BCUT2D eigenvalue weighted by atomic mass is 79.9. The van der Waals surface area contributed by atoms with Crippen LogP contribution in [-0.4, -0.2) is 26.3 Å². The van der Waals surface area contributed by atoms with Gasteiger partial charge in [-0.3, -0.25) is 0 Å². The Morgan fingerprint density at radius 2 is 2.05 bits per heavy atom. The fourth-order valence-corrected chi connectivity index (χ4v) is 2.67. The van der Waals surface area contributed by atoms with Gasteiger partial charge in [0.1, 0.15) is 6.07 Å². The van der Waals surface area contributed by atoms with Gasteiger partial charge in [-0.1, -0.05) is 13.8 Å². The van der Waals surface area contributed by atoms with Crippen molar-refractivity contribution in [2.24, 2.45) is 0 Å². The van der Waals surface area contributed by atoms with Crippen molar-refractivity contribution in [3.63, 3.8) is 0 Å². The summed E-state index contributed by atoms with van der Waals surface area (Å²) in [7, 11) is 1.72. The first-order valence-electron chi connectivity index (χ1n) is 6.63. The summed E-state index contributed by atoms with van der Waals surface area (Å²) in [6, 6.07) is 8.56. The van der Waals surface area contributed by atoms with E-state index >= 15 is 0 Å². The van der Waals surface area contributed by atoms with Gasteiger partial charge >= 0.3 is 0 Å². The van der Waals surface area contributed by atoms with Gasteiger partial charge in [-0.15, -0.1) is 0 Å². The van der Waals surface area contributed by atoms with Gasteiger partial charge in [0.15, 0.2) is 0 Å². The van der Waals surface area contributed by atoms with Crippen LogP contribution in [0.3, 0.4) is 0 Å². The van der Waals surface area contributed by atoms with E-state index in [0.717, 1.165) is 29.5 Å². The number of anilines is 1. The molecule has 3 nitrogen and oxygen atoms in total. The number of nitriles is 1. The molecule has 0 saturated carbocycles. The predicted octanol–water partition coefficient (Wildman–Crippen LogP) is 3.96. The van der Waals surface area contributed by atoms with Crippen molar-refractivity contribution in [2.75, 3.05) is 25.2 Å². The first kappa shape index (κ1) is 16.0. The highest BCUT2D eigenvalue weighted by Gasteiger charge is 2.16. The fraction of sp³-hybridized carbons (Fsp3) is 0.533. The Hall–Kier alpha value is -1.05. The Morgan fingerprint density at radius 1 is 1.37 bits per heavy atom. The minimum atomic E-state index is 0.495. The van der Waals surface area contributed by atoms with E-state index in [-0.39, 0.29) is 0 Å². The second-order valence-corrected chi connectivity index (χ2v) is 5.29. The van der Waals surface area contributed by atoms with Crippen LogP contribution in [0.2, 0.25) is 0 Å². The lowest BCUT2D eigenvalue weighted by molar-refractivity contribution is 0.202. The van der Waals surface area contributed by atoms with E-state index in [1.54, 1.807) is 7.11 Å². The second kappa shape index (κ2) is 8.19. The third kappa shape index (κ3) is 4.22. The van der Waals surface area contributed by atoms with Gasteiger partial charge in [-0.05, 0) is 47.0 Å². The zero-order chi connectivity index (χ0) is 14.3. The summed E-state index contributed by atoms with van der Waals surface area (Å²) < 4.78 is 6.05. The van der Waals surface area contributed by atoms with Crippen LogP contribution in [0.4, 0.5) is 5.69 Å². The van der Waals surface area contributed by atoms with Crippen molar-refractivity contribution in [2.45, 2.75) is 32.7 Å². The fourth-order valence-electron chi connectivity index (χ4n) is 2.21. The van der Waals surface area contributed by atoms with Crippen molar-refractivity contribution in [1.29, 1.82) is 5.26 Å². The molecule has 0 aliphatic heterocycles. The van der Waals surface area contributed by atoms with E-state index in [0.29, 0.717) is 18.2 Å². The van der Waals surface area contributed by atoms with Crippen molar-refractivity contribution in [3.05, 3.63) is 28.2 Å². The Balaban J connectivity index is 3.03. The lowest BCUT2D eigenvalue weighted by Gasteiger charge is -2.32. The molecule has 0 aliphatic rings. The summed E-state index contributed by atoms with van der Waals surface area (Å²) >= 11 is 3.46. The smallest absolute Gasteiger partial charge is 0.100 e. The number of hydrogen-bond acceptors (Lipinski definition) is 3. The molecule has 0 amide bonds. The molecule has 0 spiro atoms. The summed E-state index contributed by atoms with van der Waals surface area (Å²) in [6.45, 7) is 5.97. The molecule has 104 valence electrons. The van der Waals surface area contributed by atoms with E-state index in [1.807, 2.05) is 18.2 Å². The average molecular weight is 325 g/mol. The summed E-state index contributed by atoms with van der Waals surface area (Å²) in [4.78, 5) is 2.36. The van der Waals surface area contributed by atoms with E-state index in [9.17, 15) is 0 Å². The molecule has 0 radical (unpaired) electrons. The molecule has 0 aromatic heterocycles.